The average molecular weight is 288 g/mol. The zero-order chi connectivity index (χ0) is 12.3. The van der Waals surface area contributed by atoms with Gasteiger partial charge >= 0.3 is 0 Å². The van der Waals surface area contributed by atoms with Crippen LogP contribution in [0.3, 0.4) is 0 Å². The molecule has 2 unspecified atom stereocenters. The largest absolute Gasteiger partial charge is 0.392 e. The van der Waals surface area contributed by atoms with Gasteiger partial charge in [-0.25, -0.2) is 0 Å². The van der Waals surface area contributed by atoms with E-state index in [0.717, 1.165) is 15.7 Å². The summed E-state index contributed by atoms with van der Waals surface area (Å²) in [5.41, 5.74) is 1.88. The number of rotatable bonds is 4. The van der Waals surface area contributed by atoms with Crippen LogP contribution in [-0.4, -0.2) is 29.9 Å². The highest BCUT2D eigenvalue weighted by atomic mass is 79.9. The van der Waals surface area contributed by atoms with E-state index in [9.17, 15) is 10.2 Å². The Balaban J connectivity index is 2.88. The molecule has 0 spiro atoms. The Bertz CT molecular complexity index is 353. The van der Waals surface area contributed by atoms with Crippen molar-refractivity contribution in [3.05, 3.63) is 28.2 Å². The van der Waals surface area contributed by atoms with Crippen molar-refractivity contribution in [2.75, 3.05) is 18.5 Å². The Morgan fingerprint density at radius 2 is 1.94 bits per heavy atom. The molecular weight excluding hydrogens is 270 g/mol. The molecule has 0 aromatic heterocycles. The van der Waals surface area contributed by atoms with Crippen molar-refractivity contribution in [1.82, 2.24) is 0 Å². The minimum Gasteiger partial charge on any atom is -0.392 e. The molecule has 90 valence electrons. The van der Waals surface area contributed by atoms with Crippen LogP contribution in [0.15, 0.2) is 22.7 Å². The molecule has 0 saturated heterocycles. The lowest BCUT2D eigenvalue weighted by molar-refractivity contribution is 0.198. The lowest BCUT2D eigenvalue weighted by atomic mass is 10.1. The second-order valence-corrected chi connectivity index (χ2v) is 4.97. The highest BCUT2D eigenvalue weighted by molar-refractivity contribution is 9.10. The first-order valence-corrected chi connectivity index (χ1v) is 6.08. The Labute approximate surface area is 105 Å². The molecule has 2 atom stereocenters. The predicted molar refractivity (Wildman–Crippen MR) is 69.7 cm³/mol. The molecule has 0 amide bonds. The van der Waals surface area contributed by atoms with Gasteiger partial charge in [-0.05, 0) is 31.5 Å². The van der Waals surface area contributed by atoms with Crippen molar-refractivity contribution in [3.8, 4) is 0 Å². The molecule has 0 aliphatic rings. The summed E-state index contributed by atoms with van der Waals surface area (Å²) in [5.74, 6) is 0. The molecular formula is C12H18BrNO2. The summed E-state index contributed by atoms with van der Waals surface area (Å²) < 4.78 is 0.887. The van der Waals surface area contributed by atoms with E-state index in [0.29, 0.717) is 6.54 Å². The van der Waals surface area contributed by atoms with E-state index in [1.807, 2.05) is 30.1 Å². The third-order valence-corrected chi connectivity index (χ3v) is 3.10. The molecule has 1 rings (SSSR count). The number of hydrogen-bond acceptors (Lipinski definition) is 3. The normalized spacial score (nSPS) is 14.6. The summed E-state index contributed by atoms with van der Waals surface area (Å²) >= 11 is 3.43. The van der Waals surface area contributed by atoms with E-state index in [1.54, 1.807) is 13.8 Å². The Morgan fingerprint density at radius 1 is 1.31 bits per heavy atom. The lowest BCUT2D eigenvalue weighted by Gasteiger charge is -2.22. The van der Waals surface area contributed by atoms with Crippen LogP contribution in [0.2, 0.25) is 0 Å². The fourth-order valence-electron chi connectivity index (χ4n) is 1.59. The van der Waals surface area contributed by atoms with Crippen LogP contribution < -0.4 is 4.90 Å². The van der Waals surface area contributed by atoms with Crippen LogP contribution in [-0.2, 0) is 0 Å². The SMILES string of the molecule is CC(O)CN(C)c1ccc(C(C)O)c(Br)c1. The molecule has 1 aromatic carbocycles. The number of halogens is 1. The average Bonchev–Trinajstić information content (AvgIpc) is 2.15. The van der Waals surface area contributed by atoms with Crippen LogP contribution in [0, 0.1) is 0 Å². The number of aliphatic hydroxyl groups is 2. The highest BCUT2D eigenvalue weighted by Crippen LogP contribution is 2.27. The Hall–Kier alpha value is -0.580. The van der Waals surface area contributed by atoms with Gasteiger partial charge in [-0.1, -0.05) is 22.0 Å². The van der Waals surface area contributed by atoms with E-state index in [2.05, 4.69) is 15.9 Å². The third kappa shape index (κ3) is 3.47. The van der Waals surface area contributed by atoms with Crippen molar-refractivity contribution < 1.29 is 10.2 Å². The molecule has 0 radical (unpaired) electrons. The van der Waals surface area contributed by atoms with E-state index in [1.165, 1.54) is 0 Å². The molecule has 1 aromatic rings. The first kappa shape index (κ1) is 13.5. The van der Waals surface area contributed by atoms with E-state index < -0.39 is 6.10 Å². The molecule has 3 nitrogen and oxygen atoms in total. The van der Waals surface area contributed by atoms with Crippen molar-refractivity contribution in [3.63, 3.8) is 0 Å². The number of anilines is 1. The van der Waals surface area contributed by atoms with E-state index in [-0.39, 0.29) is 6.10 Å². The maximum Gasteiger partial charge on any atom is 0.0772 e. The molecule has 0 aliphatic heterocycles. The molecule has 4 heteroatoms. The molecule has 2 N–H and O–H groups in total. The number of likely N-dealkylation sites (N-methyl/N-ethyl adjacent to an activating group) is 1. The third-order valence-electron chi connectivity index (χ3n) is 2.41. The van der Waals surface area contributed by atoms with Gasteiger partial charge in [0, 0.05) is 23.8 Å². The van der Waals surface area contributed by atoms with Crippen molar-refractivity contribution in [1.29, 1.82) is 0 Å². The van der Waals surface area contributed by atoms with Crippen molar-refractivity contribution in [2.24, 2.45) is 0 Å². The standard InChI is InChI=1S/C12H18BrNO2/c1-8(15)7-14(3)10-4-5-11(9(2)16)12(13)6-10/h4-6,8-9,15-16H,7H2,1-3H3. The first-order valence-electron chi connectivity index (χ1n) is 5.28. The van der Waals surface area contributed by atoms with Gasteiger partial charge in [0.25, 0.3) is 0 Å². The lowest BCUT2D eigenvalue weighted by Crippen LogP contribution is -2.26. The summed E-state index contributed by atoms with van der Waals surface area (Å²) in [4.78, 5) is 1.97. The molecule has 0 saturated carbocycles. The first-order chi connectivity index (χ1) is 7.41. The van der Waals surface area contributed by atoms with Crippen molar-refractivity contribution in [2.45, 2.75) is 26.1 Å². The van der Waals surface area contributed by atoms with Crippen molar-refractivity contribution >= 4 is 21.6 Å². The van der Waals surface area contributed by atoms with Crippen LogP contribution in [0.5, 0.6) is 0 Å². The van der Waals surface area contributed by atoms with Crippen LogP contribution in [0.4, 0.5) is 5.69 Å². The zero-order valence-corrected chi connectivity index (χ0v) is 11.4. The second kappa shape index (κ2) is 5.66. The van der Waals surface area contributed by atoms with E-state index in [4.69, 9.17) is 0 Å². The van der Waals surface area contributed by atoms with Gasteiger partial charge in [0.05, 0.1) is 12.2 Å². The van der Waals surface area contributed by atoms with Gasteiger partial charge in [-0.2, -0.15) is 0 Å². The summed E-state index contributed by atoms with van der Waals surface area (Å²) in [5, 5.41) is 18.8. The van der Waals surface area contributed by atoms with Gasteiger partial charge in [0.1, 0.15) is 0 Å². The summed E-state index contributed by atoms with van der Waals surface area (Å²) in [7, 11) is 1.93. The molecule has 0 fully saturated rings. The summed E-state index contributed by atoms with van der Waals surface area (Å²) in [6, 6.07) is 5.78. The summed E-state index contributed by atoms with van der Waals surface area (Å²) in [6.45, 7) is 4.08. The summed E-state index contributed by atoms with van der Waals surface area (Å²) in [6.07, 6.45) is -0.842. The quantitative estimate of drug-likeness (QED) is 0.893. The number of hydrogen-bond donors (Lipinski definition) is 2. The molecule has 0 aliphatic carbocycles. The Morgan fingerprint density at radius 3 is 2.38 bits per heavy atom. The number of benzene rings is 1. The highest BCUT2D eigenvalue weighted by Gasteiger charge is 2.09. The predicted octanol–water partition coefficient (Wildman–Crippen LogP) is 2.32. The molecule has 0 heterocycles. The maximum atomic E-state index is 9.50. The minimum absolute atomic E-state index is 0.361. The molecule has 0 bridgehead atoms. The minimum atomic E-state index is -0.481. The second-order valence-electron chi connectivity index (χ2n) is 4.11. The fraction of sp³-hybridized carbons (Fsp3) is 0.500. The van der Waals surface area contributed by atoms with Crippen LogP contribution in [0.25, 0.3) is 0 Å². The van der Waals surface area contributed by atoms with Gasteiger partial charge in [0.2, 0.25) is 0 Å². The molecule has 16 heavy (non-hydrogen) atoms. The van der Waals surface area contributed by atoms with Crippen LogP contribution >= 0.6 is 15.9 Å². The topological polar surface area (TPSA) is 43.7 Å². The van der Waals surface area contributed by atoms with Crippen LogP contribution in [0.1, 0.15) is 25.5 Å². The maximum absolute atomic E-state index is 9.50. The van der Waals surface area contributed by atoms with Gasteiger partial charge in [-0.3, -0.25) is 0 Å². The zero-order valence-electron chi connectivity index (χ0n) is 9.81. The van der Waals surface area contributed by atoms with E-state index >= 15 is 0 Å². The number of nitrogens with zero attached hydrogens (tertiary/aromatic N) is 1. The monoisotopic (exact) mass is 287 g/mol. The smallest absolute Gasteiger partial charge is 0.0772 e. The number of aliphatic hydroxyl groups excluding tert-OH is 2. The Kier molecular flexibility index (Phi) is 4.77. The van der Waals surface area contributed by atoms with Gasteiger partial charge < -0.3 is 15.1 Å². The van der Waals surface area contributed by atoms with Gasteiger partial charge in [-0.15, -0.1) is 0 Å². The van der Waals surface area contributed by atoms with Gasteiger partial charge in [0.15, 0.2) is 0 Å². The fourth-order valence-corrected chi connectivity index (χ4v) is 2.29.